The molecule has 2 aromatic heterocycles. The Hall–Kier alpha value is -2.40. The zero-order valence-corrected chi connectivity index (χ0v) is 14.8. The van der Waals surface area contributed by atoms with Crippen LogP contribution in [0.1, 0.15) is 23.7 Å². The number of benzene rings is 1. The van der Waals surface area contributed by atoms with Gasteiger partial charge in [0.1, 0.15) is 5.82 Å². The summed E-state index contributed by atoms with van der Waals surface area (Å²) in [7, 11) is 2.02. The second-order valence-electron chi connectivity index (χ2n) is 6.53. The fourth-order valence-corrected chi connectivity index (χ4v) is 3.76. The van der Waals surface area contributed by atoms with Crippen LogP contribution < -0.4 is 0 Å². The van der Waals surface area contributed by atoms with Gasteiger partial charge in [-0.25, -0.2) is 4.98 Å². The molecular weight excluding hydrogens is 336 g/mol. The Balaban J connectivity index is 1.49. The smallest absolute Gasteiger partial charge is 0.227 e. The molecule has 3 heterocycles. The van der Waals surface area contributed by atoms with Crippen LogP contribution in [0.5, 0.6) is 0 Å². The third-order valence-electron chi connectivity index (χ3n) is 4.87. The van der Waals surface area contributed by atoms with Crippen LogP contribution in [-0.4, -0.2) is 38.4 Å². The molecule has 1 aromatic carbocycles. The largest absolute Gasteiger partial charge is 0.342 e. The van der Waals surface area contributed by atoms with Crippen LogP contribution in [0.25, 0.3) is 11.0 Å². The van der Waals surface area contributed by atoms with Crippen molar-refractivity contribution in [3.63, 3.8) is 0 Å². The second kappa shape index (κ2) is 6.48. The van der Waals surface area contributed by atoms with Gasteiger partial charge in [0.05, 0.1) is 23.7 Å². The highest BCUT2D eigenvalue weighted by Gasteiger charge is 2.30. The number of aryl methyl sites for hydroxylation is 1. The van der Waals surface area contributed by atoms with Gasteiger partial charge in [-0.15, -0.1) is 0 Å². The number of rotatable bonds is 3. The number of amides is 1. The van der Waals surface area contributed by atoms with Crippen molar-refractivity contribution in [2.24, 2.45) is 7.05 Å². The number of carbonyl (C=O) groups is 1. The number of hydrogen-bond donors (Lipinski definition) is 0. The lowest BCUT2D eigenvalue weighted by molar-refractivity contribution is -0.129. The van der Waals surface area contributed by atoms with Crippen LogP contribution in [0.15, 0.2) is 42.7 Å². The Morgan fingerprint density at radius 3 is 3.04 bits per heavy atom. The standard InChI is InChI=1S/C19H19ClN4O/c1-23-17-11-21-7-5-16(17)22-19(23)14-6-8-24(12-14)18(25)10-13-3-2-4-15(20)9-13/h2-5,7,9,11,14H,6,8,10,12H2,1H3/t14-/m0/s1. The van der Waals surface area contributed by atoms with Crippen molar-refractivity contribution >= 4 is 28.5 Å². The summed E-state index contributed by atoms with van der Waals surface area (Å²) in [5.74, 6) is 1.44. The van der Waals surface area contributed by atoms with Crippen LogP contribution in [0.4, 0.5) is 0 Å². The van der Waals surface area contributed by atoms with Crippen LogP contribution in [0.3, 0.4) is 0 Å². The van der Waals surface area contributed by atoms with Gasteiger partial charge in [-0.2, -0.15) is 0 Å². The van der Waals surface area contributed by atoms with Crippen molar-refractivity contribution in [1.29, 1.82) is 0 Å². The molecule has 1 saturated heterocycles. The molecule has 3 aromatic rings. The summed E-state index contributed by atoms with van der Waals surface area (Å²) in [4.78, 5) is 23.5. The van der Waals surface area contributed by atoms with Crippen molar-refractivity contribution in [3.8, 4) is 0 Å². The minimum atomic E-state index is 0.144. The molecule has 1 fully saturated rings. The highest BCUT2D eigenvalue weighted by atomic mass is 35.5. The van der Waals surface area contributed by atoms with Crippen molar-refractivity contribution in [2.75, 3.05) is 13.1 Å². The first-order valence-electron chi connectivity index (χ1n) is 8.40. The van der Waals surface area contributed by atoms with Crippen molar-refractivity contribution in [2.45, 2.75) is 18.8 Å². The summed E-state index contributed by atoms with van der Waals surface area (Å²) >= 11 is 6.01. The Kier molecular flexibility index (Phi) is 4.17. The van der Waals surface area contributed by atoms with E-state index < -0.39 is 0 Å². The van der Waals surface area contributed by atoms with E-state index in [1.807, 2.05) is 48.5 Å². The van der Waals surface area contributed by atoms with Crippen molar-refractivity contribution in [3.05, 3.63) is 59.1 Å². The topological polar surface area (TPSA) is 51.0 Å². The van der Waals surface area contributed by atoms with Gasteiger partial charge in [0.25, 0.3) is 0 Å². The average Bonchev–Trinajstić information content (AvgIpc) is 3.20. The molecule has 25 heavy (non-hydrogen) atoms. The molecule has 0 saturated carbocycles. The van der Waals surface area contributed by atoms with E-state index in [4.69, 9.17) is 16.6 Å². The van der Waals surface area contributed by atoms with E-state index in [-0.39, 0.29) is 11.8 Å². The summed E-state index contributed by atoms with van der Waals surface area (Å²) < 4.78 is 2.10. The van der Waals surface area contributed by atoms with Crippen LogP contribution >= 0.6 is 11.6 Å². The molecule has 0 radical (unpaired) electrons. The Bertz CT molecular complexity index is 936. The molecular formula is C19H19ClN4O. The monoisotopic (exact) mass is 354 g/mol. The van der Waals surface area contributed by atoms with Gasteiger partial charge in [-0.05, 0) is 30.2 Å². The second-order valence-corrected chi connectivity index (χ2v) is 6.96. The number of likely N-dealkylation sites (tertiary alicyclic amines) is 1. The van der Waals surface area contributed by atoms with E-state index >= 15 is 0 Å². The number of imidazole rings is 1. The molecule has 128 valence electrons. The summed E-state index contributed by atoms with van der Waals surface area (Å²) in [6, 6.07) is 9.42. The fraction of sp³-hybridized carbons (Fsp3) is 0.316. The molecule has 0 aliphatic carbocycles. The first kappa shape index (κ1) is 16.1. The summed E-state index contributed by atoms with van der Waals surface area (Å²) in [5.41, 5.74) is 2.94. The number of hydrogen-bond acceptors (Lipinski definition) is 3. The first-order chi connectivity index (χ1) is 12.1. The number of carbonyl (C=O) groups excluding carboxylic acids is 1. The highest BCUT2D eigenvalue weighted by molar-refractivity contribution is 6.30. The molecule has 1 atom stereocenters. The van der Waals surface area contributed by atoms with E-state index in [1.165, 1.54) is 0 Å². The van der Waals surface area contributed by atoms with E-state index in [1.54, 1.807) is 6.20 Å². The molecule has 0 spiro atoms. The molecule has 1 amide bonds. The molecule has 6 heteroatoms. The van der Waals surface area contributed by atoms with E-state index in [9.17, 15) is 4.79 Å². The van der Waals surface area contributed by atoms with Gasteiger partial charge in [0.2, 0.25) is 5.91 Å². The van der Waals surface area contributed by atoms with E-state index in [0.29, 0.717) is 18.0 Å². The maximum atomic E-state index is 12.6. The summed E-state index contributed by atoms with van der Waals surface area (Å²) in [5, 5.41) is 0.665. The number of pyridine rings is 1. The van der Waals surface area contributed by atoms with Crippen LogP contribution in [0, 0.1) is 0 Å². The number of fused-ring (bicyclic) bond motifs is 1. The van der Waals surface area contributed by atoms with Crippen molar-refractivity contribution in [1.82, 2.24) is 19.4 Å². The molecule has 0 unspecified atom stereocenters. The SMILES string of the molecule is Cn1c([C@H]2CCN(C(=O)Cc3cccc(Cl)c3)C2)nc2ccncc21. The van der Waals surface area contributed by atoms with Gasteiger partial charge in [0, 0.05) is 37.3 Å². The van der Waals surface area contributed by atoms with Gasteiger partial charge in [0.15, 0.2) is 0 Å². The Labute approximate surface area is 151 Å². The fourth-order valence-electron chi connectivity index (χ4n) is 3.55. The number of halogens is 1. The normalized spacial score (nSPS) is 17.4. The zero-order chi connectivity index (χ0) is 17.4. The van der Waals surface area contributed by atoms with Gasteiger partial charge < -0.3 is 9.47 Å². The molecule has 4 rings (SSSR count). The molecule has 0 bridgehead atoms. The summed E-state index contributed by atoms with van der Waals surface area (Å²) in [6.07, 6.45) is 4.92. The highest BCUT2D eigenvalue weighted by Crippen LogP contribution is 2.29. The number of nitrogens with zero attached hydrogens (tertiary/aromatic N) is 4. The minimum absolute atomic E-state index is 0.144. The lowest BCUT2D eigenvalue weighted by Crippen LogP contribution is -2.30. The minimum Gasteiger partial charge on any atom is -0.342 e. The van der Waals surface area contributed by atoms with E-state index in [2.05, 4.69) is 9.55 Å². The van der Waals surface area contributed by atoms with Gasteiger partial charge in [-0.1, -0.05) is 23.7 Å². The predicted octanol–water partition coefficient (Wildman–Crippen LogP) is 3.18. The molecule has 1 aliphatic heterocycles. The van der Waals surface area contributed by atoms with E-state index in [0.717, 1.165) is 35.4 Å². The van der Waals surface area contributed by atoms with Gasteiger partial charge >= 0.3 is 0 Å². The maximum Gasteiger partial charge on any atom is 0.227 e. The van der Waals surface area contributed by atoms with Gasteiger partial charge in [-0.3, -0.25) is 9.78 Å². The lowest BCUT2D eigenvalue weighted by Gasteiger charge is -2.16. The molecule has 1 aliphatic rings. The average molecular weight is 355 g/mol. The Morgan fingerprint density at radius 2 is 2.24 bits per heavy atom. The predicted molar refractivity (Wildman–Crippen MR) is 97.6 cm³/mol. The maximum absolute atomic E-state index is 12.6. The third kappa shape index (κ3) is 3.12. The van der Waals surface area contributed by atoms with Crippen LogP contribution in [0.2, 0.25) is 5.02 Å². The number of aromatic nitrogens is 3. The quantitative estimate of drug-likeness (QED) is 0.725. The van der Waals surface area contributed by atoms with Crippen molar-refractivity contribution < 1.29 is 4.79 Å². The van der Waals surface area contributed by atoms with Crippen LogP contribution in [-0.2, 0) is 18.3 Å². The summed E-state index contributed by atoms with van der Waals surface area (Å²) in [6.45, 7) is 1.48. The first-order valence-corrected chi connectivity index (χ1v) is 8.78. The molecule has 0 N–H and O–H groups in total. The Morgan fingerprint density at radius 1 is 1.36 bits per heavy atom. The zero-order valence-electron chi connectivity index (χ0n) is 14.0. The lowest BCUT2D eigenvalue weighted by atomic mass is 10.1. The third-order valence-corrected chi connectivity index (χ3v) is 5.10. The molecule has 5 nitrogen and oxygen atoms in total.